The van der Waals surface area contributed by atoms with Gasteiger partial charge in [0, 0.05) is 12.1 Å². The number of nitrogens with zero attached hydrogens (tertiary/aromatic N) is 2. The molecular weight excluding hydrogens is 278 g/mol. The van der Waals surface area contributed by atoms with Gasteiger partial charge in [-0.05, 0) is 12.8 Å². The molecular formula is C12H11F4N3O. The van der Waals surface area contributed by atoms with Gasteiger partial charge in [0.2, 0.25) is 5.95 Å². The van der Waals surface area contributed by atoms with E-state index in [0.717, 1.165) is 10.6 Å². The van der Waals surface area contributed by atoms with Gasteiger partial charge in [0.1, 0.15) is 5.54 Å². The molecule has 1 aromatic carbocycles. The molecule has 3 rings (SSSR count). The van der Waals surface area contributed by atoms with Gasteiger partial charge in [-0.25, -0.2) is 9.37 Å². The number of rotatable bonds is 2. The highest BCUT2D eigenvalue weighted by molar-refractivity contribution is 5.81. The molecule has 0 atom stereocenters. The summed E-state index contributed by atoms with van der Waals surface area (Å²) >= 11 is 0. The van der Waals surface area contributed by atoms with E-state index in [1.807, 2.05) is 0 Å². The fraction of sp³-hybridized carbons (Fsp3) is 0.417. The summed E-state index contributed by atoms with van der Waals surface area (Å²) in [6, 6.07) is 2.22. The minimum absolute atomic E-state index is 0.0636. The Morgan fingerprint density at radius 3 is 2.50 bits per heavy atom. The average molecular weight is 289 g/mol. The van der Waals surface area contributed by atoms with E-state index in [-0.39, 0.29) is 35.6 Å². The standard InChI is InChI=1S/C12H11F4N3O/c1-20-9-5-8-7(4-6(9)13)18-10(17)19(8)11(2-3-11)12(14,15)16/h4-5H,2-3H2,1H3,(H2,17,18). The number of benzene rings is 1. The van der Waals surface area contributed by atoms with E-state index in [2.05, 4.69) is 4.98 Å². The molecule has 1 aromatic heterocycles. The van der Waals surface area contributed by atoms with E-state index in [1.54, 1.807) is 0 Å². The van der Waals surface area contributed by atoms with Crippen molar-refractivity contribution < 1.29 is 22.3 Å². The zero-order chi connectivity index (χ0) is 14.7. The number of imidazole rings is 1. The predicted molar refractivity (Wildman–Crippen MR) is 63.9 cm³/mol. The van der Waals surface area contributed by atoms with Gasteiger partial charge in [0.15, 0.2) is 11.6 Å². The van der Waals surface area contributed by atoms with Gasteiger partial charge in [-0.2, -0.15) is 13.2 Å². The molecule has 1 saturated carbocycles. The van der Waals surface area contributed by atoms with Crippen LogP contribution in [-0.2, 0) is 5.54 Å². The lowest BCUT2D eigenvalue weighted by atomic mass is 10.2. The van der Waals surface area contributed by atoms with Crippen LogP contribution in [-0.4, -0.2) is 22.8 Å². The average Bonchev–Trinajstić information content (AvgIpc) is 3.07. The van der Waals surface area contributed by atoms with E-state index >= 15 is 0 Å². The predicted octanol–water partition coefficient (Wildman–Crippen LogP) is 2.82. The summed E-state index contributed by atoms with van der Waals surface area (Å²) in [6.45, 7) is 0. The van der Waals surface area contributed by atoms with Gasteiger partial charge >= 0.3 is 6.18 Å². The van der Waals surface area contributed by atoms with E-state index in [9.17, 15) is 17.6 Å². The molecule has 0 bridgehead atoms. The van der Waals surface area contributed by atoms with Crippen LogP contribution >= 0.6 is 0 Å². The number of aromatic nitrogens is 2. The van der Waals surface area contributed by atoms with Crippen LogP contribution < -0.4 is 10.5 Å². The van der Waals surface area contributed by atoms with Crippen molar-refractivity contribution in [3.05, 3.63) is 17.9 Å². The summed E-state index contributed by atoms with van der Waals surface area (Å²) in [7, 11) is 1.24. The van der Waals surface area contributed by atoms with Gasteiger partial charge in [0.05, 0.1) is 18.1 Å². The minimum Gasteiger partial charge on any atom is -0.494 e. The first-order valence-electron chi connectivity index (χ1n) is 5.89. The van der Waals surface area contributed by atoms with Crippen molar-refractivity contribution in [1.82, 2.24) is 9.55 Å². The van der Waals surface area contributed by atoms with E-state index in [1.165, 1.54) is 13.2 Å². The highest BCUT2D eigenvalue weighted by Crippen LogP contribution is 2.57. The Balaban J connectivity index is 2.29. The third kappa shape index (κ3) is 1.56. The Morgan fingerprint density at radius 2 is 2.00 bits per heavy atom. The zero-order valence-corrected chi connectivity index (χ0v) is 10.5. The first-order chi connectivity index (χ1) is 9.30. The van der Waals surface area contributed by atoms with E-state index in [0.29, 0.717) is 0 Å². The maximum Gasteiger partial charge on any atom is 0.412 e. The number of hydrogen-bond acceptors (Lipinski definition) is 3. The lowest BCUT2D eigenvalue weighted by molar-refractivity contribution is -0.178. The molecule has 0 radical (unpaired) electrons. The van der Waals surface area contributed by atoms with Crippen molar-refractivity contribution in [1.29, 1.82) is 0 Å². The molecule has 0 aliphatic heterocycles. The first-order valence-corrected chi connectivity index (χ1v) is 5.89. The normalized spacial score (nSPS) is 17.4. The second-order valence-corrected chi connectivity index (χ2v) is 4.81. The molecule has 1 heterocycles. The number of nitrogen functional groups attached to an aromatic ring is 1. The van der Waals surface area contributed by atoms with Crippen LogP contribution in [0.2, 0.25) is 0 Å². The van der Waals surface area contributed by atoms with Crippen LogP contribution in [0.25, 0.3) is 11.0 Å². The Kier molecular flexibility index (Phi) is 2.45. The molecule has 4 nitrogen and oxygen atoms in total. The topological polar surface area (TPSA) is 53.1 Å². The van der Waals surface area contributed by atoms with Crippen molar-refractivity contribution in [2.75, 3.05) is 12.8 Å². The monoisotopic (exact) mass is 289 g/mol. The van der Waals surface area contributed by atoms with Crippen molar-refractivity contribution >= 4 is 17.0 Å². The maximum absolute atomic E-state index is 13.6. The Bertz CT molecular complexity index is 688. The Morgan fingerprint density at radius 1 is 1.35 bits per heavy atom. The number of halogens is 4. The summed E-state index contributed by atoms with van der Waals surface area (Å²) in [4.78, 5) is 3.81. The van der Waals surface area contributed by atoms with Crippen LogP contribution in [0.15, 0.2) is 12.1 Å². The van der Waals surface area contributed by atoms with Crippen molar-refractivity contribution in [2.45, 2.75) is 24.6 Å². The molecule has 20 heavy (non-hydrogen) atoms. The fourth-order valence-electron chi connectivity index (χ4n) is 2.46. The number of nitrogens with two attached hydrogens (primary N) is 1. The van der Waals surface area contributed by atoms with Crippen molar-refractivity contribution in [3.8, 4) is 5.75 Å². The molecule has 2 N–H and O–H groups in total. The molecule has 1 aliphatic rings. The highest BCUT2D eigenvalue weighted by atomic mass is 19.4. The smallest absolute Gasteiger partial charge is 0.412 e. The van der Waals surface area contributed by atoms with Gasteiger partial charge in [-0.1, -0.05) is 0 Å². The second-order valence-electron chi connectivity index (χ2n) is 4.81. The summed E-state index contributed by atoms with van der Waals surface area (Å²) in [6.07, 6.45) is -4.56. The number of fused-ring (bicyclic) bond motifs is 1. The maximum atomic E-state index is 13.6. The molecule has 108 valence electrons. The molecule has 8 heteroatoms. The van der Waals surface area contributed by atoms with Gasteiger partial charge in [-0.15, -0.1) is 0 Å². The Labute approximate surface area is 111 Å². The second kappa shape index (κ2) is 3.77. The third-order valence-corrected chi connectivity index (χ3v) is 3.63. The number of anilines is 1. The van der Waals surface area contributed by atoms with E-state index in [4.69, 9.17) is 10.5 Å². The number of alkyl halides is 3. The SMILES string of the molecule is COc1cc2c(cc1F)nc(N)n2C1(C(F)(F)F)CC1. The van der Waals surface area contributed by atoms with Crippen LogP contribution in [0, 0.1) is 5.82 Å². The minimum atomic E-state index is -4.43. The van der Waals surface area contributed by atoms with Crippen LogP contribution in [0.5, 0.6) is 5.75 Å². The van der Waals surface area contributed by atoms with Crippen LogP contribution in [0.1, 0.15) is 12.8 Å². The zero-order valence-electron chi connectivity index (χ0n) is 10.5. The molecule has 1 aliphatic carbocycles. The van der Waals surface area contributed by atoms with E-state index < -0.39 is 17.5 Å². The lowest BCUT2D eigenvalue weighted by Gasteiger charge is -2.22. The van der Waals surface area contributed by atoms with Gasteiger partial charge in [0.25, 0.3) is 0 Å². The number of hydrogen-bond donors (Lipinski definition) is 1. The molecule has 0 spiro atoms. The lowest BCUT2D eigenvalue weighted by Crippen LogP contribution is -2.35. The summed E-state index contributed by atoms with van der Waals surface area (Å²) in [5.74, 6) is -1.11. The summed E-state index contributed by atoms with van der Waals surface area (Å²) < 4.78 is 59.0. The number of ether oxygens (including phenoxy) is 1. The highest BCUT2D eigenvalue weighted by Gasteiger charge is 2.66. The fourth-order valence-corrected chi connectivity index (χ4v) is 2.46. The van der Waals surface area contributed by atoms with Crippen LogP contribution in [0.4, 0.5) is 23.5 Å². The summed E-state index contributed by atoms with van der Waals surface area (Å²) in [5.41, 5.74) is 3.77. The molecule has 0 amide bonds. The summed E-state index contributed by atoms with van der Waals surface area (Å²) in [5, 5.41) is 0. The number of methoxy groups -OCH3 is 1. The molecule has 1 fully saturated rings. The molecule has 0 saturated heterocycles. The van der Waals surface area contributed by atoms with Crippen molar-refractivity contribution in [3.63, 3.8) is 0 Å². The third-order valence-electron chi connectivity index (χ3n) is 3.63. The van der Waals surface area contributed by atoms with Crippen molar-refractivity contribution in [2.24, 2.45) is 0 Å². The quantitative estimate of drug-likeness (QED) is 0.865. The van der Waals surface area contributed by atoms with Gasteiger partial charge in [-0.3, -0.25) is 4.57 Å². The molecule has 2 aromatic rings. The first kappa shape index (κ1) is 13.0. The Hall–Kier alpha value is -1.99. The van der Waals surface area contributed by atoms with Crippen LogP contribution in [0.3, 0.4) is 0 Å². The molecule has 0 unspecified atom stereocenters. The largest absolute Gasteiger partial charge is 0.494 e. The van der Waals surface area contributed by atoms with Gasteiger partial charge < -0.3 is 10.5 Å².